The van der Waals surface area contributed by atoms with Crippen LogP contribution < -0.4 is 0 Å². The Kier molecular flexibility index (Phi) is 4.32. The minimum atomic E-state index is -3.90. The first kappa shape index (κ1) is 15.1. The quantitative estimate of drug-likeness (QED) is 0.880. The van der Waals surface area contributed by atoms with E-state index in [0.717, 1.165) is 0 Å². The molecule has 0 aliphatic rings. The highest BCUT2D eigenvalue weighted by atomic mass is 35.5. The van der Waals surface area contributed by atoms with E-state index in [0.29, 0.717) is 10.6 Å². The van der Waals surface area contributed by atoms with Gasteiger partial charge >= 0.3 is 0 Å². The molecule has 0 heterocycles. The lowest BCUT2D eigenvalue weighted by Gasteiger charge is -2.03. The van der Waals surface area contributed by atoms with Crippen molar-refractivity contribution in [1.29, 1.82) is 5.26 Å². The Labute approximate surface area is 127 Å². The zero-order valence-electron chi connectivity index (χ0n) is 10.7. The van der Waals surface area contributed by atoms with E-state index in [1.165, 1.54) is 54.6 Å². The zero-order valence-corrected chi connectivity index (χ0v) is 12.3. The van der Waals surface area contributed by atoms with E-state index < -0.39 is 9.84 Å². The minimum Gasteiger partial charge on any atom is -0.508 e. The van der Waals surface area contributed by atoms with Gasteiger partial charge in [0.1, 0.15) is 16.7 Å². The number of hydrogen-bond acceptors (Lipinski definition) is 4. The summed E-state index contributed by atoms with van der Waals surface area (Å²) in [6, 6.07) is 13.1. The fourth-order valence-electron chi connectivity index (χ4n) is 1.63. The van der Waals surface area contributed by atoms with Crippen molar-refractivity contribution >= 4 is 27.5 Å². The summed E-state index contributed by atoms with van der Waals surface area (Å²) in [7, 11) is -3.90. The van der Waals surface area contributed by atoms with Crippen LogP contribution in [0.5, 0.6) is 5.75 Å². The number of aromatic hydroxyl groups is 1. The van der Waals surface area contributed by atoms with Crippen molar-refractivity contribution in [3.63, 3.8) is 0 Å². The van der Waals surface area contributed by atoms with Crippen molar-refractivity contribution in [3.05, 3.63) is 64.0 Å². The lowest BCUT2D eigenvalue weighted by Crippen LogP contribution is -2.03. The van der Waals surface area contributed by atoms with Crippen LogP contribution in [0.15, 0.2) is 58.3 Å². The van der Waals surface area contributed by atoms with E-state index in [1.807, 2.05) is 0 Å². The molecule has 0 spiro atoms. The molecule has 6 heteroatoms. The molecule has 0 amide bonds. The molecule has 0 atom stereocenters. The Balaban J connectivity index is 2.47. The van der Waals surface area contributed by atoms with Gasteiger partial charge in [0, 0.05) is 5.02 Å². The molecule has 0 aromatic heterocycles. The van der Waals surface area contributed by atoms with Gasteiger partial charge in [-0.3, -0.25) is 0 Å². The second-order valence-corrected chi connectivity index (χ2v) is 6.52. The van der Waals surface area contributed by atoms with Crippen molar-refractivity contribution in [2.75, 3.05) is 0 Å². The summed E-state index contributed by atoms with van der Waals surface area (Å²) in [5.74, 6) is 0.0613. The molecule has 0 fully saturated rings. The average molecular weight is 320 g/mol. The lowest BCUT2D eigenvalue weighted by atomic mass is 10.2. The Morgan fingerprint density at radius 3 is 2.19 bits per heavy atom. The number of phenolic OH excluding ortho intramolecular Hbond substituents is 1. The smallest absolute Gasteiger partial charge is 0.216 e. The van der Waals surface area contributed by atoms with Gasteiger partial charge in [0.25, 0.3) is 0 Å². The second kappa shape index (κ2) is 6.00. The van der Waals surface area contributed by atoms with Gasteiger partial charge in [0.2, 0.25) is 9.84 Å². The Hall–Kier alpha value is -2.29. The number of hydrogen-bond donors (Lipinski definition) is 1. The largest absolute Gasteiger partial charge is 0.508 e. The first-order chi connectivity index (χ1) is 9.93. The summed E-state index contributed by atoms with van der Waals surface area (Å²) < 4.78 is 24.7. The van der Waals surface area contributed by atoms with E-state index in [4.69, 9.17) is 16.9 Å². The molecule has 1 N–H and O–H groups in total. The number of sulfone groups is 1. The number of allylic oxidation sites excluding steroid dienone is 1. The van der Waals surface area contributed by atoms with Gasteiger partial charge < -0.3 is 5.11 Å². The molecule has 2 aromatic carbocycles. The summed E-state index contributed by atoms with van der Waals surface area (Å²) in [5.41, 5.74) is 0.502. The van der Waals surface area contributed by atoms with Crippen molar-refractivity contribution in [2.24, 2.45) is 0 Å². The molecule has 0 saturated carbocycles. The molecule has 0 aliphatic carbocycles. The fraction of sp³-hybridized carbons (Fsp3) is 0. The van der Waals surface area contributed by atoms with Crippen LogP contribution >= 0.6 is 11.6 Å². The normalized spacial score (nSPS) is 11.9. The van der Waals surface area contributed by atoms with Gasteiger partial charge in [-0.15, -0.1) is 0 Å². The molecular formula is C15H10ClNO3S. The number of rotatable bonds is 3. The molecule has 0 bridgehead atoms. The standard InChI is InChI=1S/C15H10ClNO3S/c16-12-3-7-14(8-4-12)21(19,20)15(10-17)9-11-1-5-13(18)6-2-11/h1-9,18H/b15-9-. The highest BCUT2D eigenvalue weighted by Gasteiger charge is 2.20. The molecule has 2 aromatic rings. The third kappa shape index (κ3) is 3.43. The summed E-state index contributed by atoms with van der Waals surface area (Å²) >= 11 is 5.72. The van der Waals surface area contributed by atoms with Crippen LogP contribution in [0.2, 0.25) is 5.02 Å². The average Bonchev–Trinajstić information content (AvgIpc) is 2.47. The predicted molar refractivity (Wildman–Crippen MR) is 80.3 cm³/mol. The second-order valence-electron chi connectivity index (χ2n) is 4.17. The maximum atomic E-state index is 12.4. The maximum absolute atomic E-state index is 12.4. The molecule has 2 rings (SSSR count). The van der Waals surface area contributed by atoms with Crippen LogP contribution in [-0.4, -0.2) is 13.5 Å². The van der Waals surface area contributed by atoms with E-state index in [2.05, 4.69) is 0 Å². The van der Waals surface area contributed by atoms with Crippen molar-refractivity contribution in [2.45, 2.75) is 4.90 Å². The first-order valence-corrected chi connectivity index (χ1v) is 7.71. The summed E-state index contributed by atoms with van der Waals surface area (Å²) in [4.78, 5) is -0.381. The van der Waals surface area contributed by atoms with Crippen LogP contribution in [0.25, 0.3) is 6.08 Å². The van der Waals surface area contributed by atoms with Crippen LogP contribution in [0.3, 0.4) is 0 Å². The number of nitrogens with zero attached hydrogens (tertiary/aromatic N) is 1. The third-order valence-corrected chi connectivity index (χ3v) is 4.65. The highest BCUT2D eigenvalue weighted by molar-refractivity contribution is 7.95. The van der Waals surface area contributed by atoms with Crippen LogP contribution in [-0.2, 0) is 9.84 Å². The molecular weight excluding hydrogens is 310 g/mol. The van der Waals surface area contributed by atoms with Gasteiger partial charge in [-0.1, -0.05) is 23.7 Å². The Morgan fingerprint density at radius 1 is 1.10 bits per heavy atom. The summed E-state index contributed by atoms with van der Waals surface area (Å²) in [6.45, 7) is 0. The molecule has 0 saturated heterocycles. The van der Waals surface area contributed by atoms with E-state index >= 15 is 0 Å². The van der Waals surface area contributed by atoms with Gasteiger partial charge in [0.15, 0.2) is 0 Å². The van der Waals surface area contributed by atoms with Gasteiger partial charge in [-0.05, 0) is 48.0 Å². The van der Waals surface area contributed by atoms with Gasteiger partial charge in [0.05, 0.1) is 4.90 Å². The number of phenols is 1. The number of benzene rings is 2. The molecule has 21 heavy (non-hydrogen) atoms. The Bertz CT molecular complexity index is 817. The van der Waals surface area contributed by atoms with E-state index in [-0.39, 0.29) is 15.6 Å². The van der Waals surface area contributed by atoms with Gasteiger partial charge in [-0.2, -0.15) is 5.26 Å². The monoisotopic (exact) mass is 319 g/mol. The summed E-state index contributed by atoms with van der Waals surface area (Å²) in [5, 5.41) is 18.7. The Morgan fingerprint density at radius 2 is 1.67 bits per heavy atom. The molecule has 0 aliphatic heterocycles. The summed E-state index contributed by atoms with van der Waals surface area (Å²) in [6.07, 6.45) is 1.25. The first-order valence-electron chi connectivity index (χ1n) is 5.85. The minimum absolute atomic E-state index is 0.00141. The fourth-order valence-corrected chi connectivity index (χ4v) is 2.92. The molecule has 0 unspecified atom stereocenters. The predicted octanol–water partition coefficient (Wildman–Crippen LogP) is 3.38. The van der Waals surface area contributed by atoms with Crippen molar-refractivity contribution < 1.29 is 13.5 Å². The van der Waals surface area contributed by atoms with Crippen LogP contribution in [0.4, 0.5) is 0 Å². The lowest BCUT2D eigenvalue weighted by molar-refractivity contribution is 0.475. The van der Waals surface area contributed by atoms with Crippen LogP contribution in [0.1, 0.15) is 5.56 Å². The molecule has 4 nitrogen and oxygen atoms in total. The SMILES string of the molecule is N#C/C(=C/c1ccc(O)cc1)S(=O)(=O)c1ccc(Cl)cc1. The zero-order chi connectivity index (χ0) is 15.5. The van der Waals surface area contributed by atoms with Gasteiger partial charge in [-0.25, -0.2) is 8.42 Å². The molecule has 0 radical (unpaired) electrons. The molecule has 106 valence electrons. The van der Waals surface area contributed by atoms with Crippen molar-refractivity contribution in [3.8, 4) is 11.8 Å². The highest BCUT2D eigenvalue weighted by Crippen LogP contribution is 2.23. The number of halogens is 1. The van der Waals surface area contributed by atoms with E-state index in [1.54, 1.807) is 6.07 Å². The third-order valence-electron chi connectivity index (χ3n) is 2.71. The van der Waals surface area contributed by atoms with Crippen molar-refractivity contribution in [1.82, 2.24) is 0 Å². The number of nitriles is 1. The van der Waals surface area contributed by atoms with E-state index in [9.17, 15) is 13.5 Å². The topological polar surface area (TPSA) is 78.2 Å². The maximum Gasteiger partial charge on any atom is 0.216 e. The van der Waals surface area contributed by atoms with Crippen LogP contribution in [0, 0.1) is 11.3 Å².